The SMILES string of the molecule is Fc1ccccc1-c1cccc2c1CNCC2. The summed E-state index contributed by atoms with van der Waals surface area (Å²) in [5.74, 6) is -0.147. The summed E-state index contributed by atoms with van der Waals surface area (Å²) in [4.78, 5) is 0. The molecule has 0 aliphatic carbocycles. The fourth-order valence-electron chi connectivity index (χ4n) is 2.45. The zero-order valence-electron chi connectivity index (χ0n) is 9.54. The number of nitrogens with one attached hydrogen (secondary N) is 1. The van der Waals surface area contributed by atoms with E-state index in [9.17, 15) is 4.39 Å². The van der Waals surface area contributed by atoms with Gasteiger partial charge in [-0.1, -0.05) is 36.4 Å². The highest BCUT2D eigenvalue weighted by atomic mass is 19.1. The Morgan fingerprint density at radius 3 is 2.65 bits per heavy atom. The van der Waals surface area contributed by atoms with Gasteiger partial charge in [0, 0.05) is 12.1 Å². The third kappa shape index (κ3) is 1.85. The van der Waals surface area contributed by atoms with E-state index < -0.39 is 0 Å². The van der Waals surface area contributed by atoms with Crippen molar-refractivity contribution in [3.8, 4) is 11.1 Å². The van der Waals surface area contributed by atoms with Gasteiger partial charge in [0.1, 0.15) is 5.82 Å². The molecule has 2 aromatic rings. The fraction of sp³-hybridized carbons (Fsp3) is 0.200. The first-order valence-electron chi connectivity index (χ1n) is 5.92. The molecule has 0 radical (unpaired) electrons. The Bertz CT molecular complexity index is 548. The van der Waals surface area contributed by atoms with Gasteiger partial charge < -0.3 is 5.32 Å². The molecule has 0 spiro atoms. The van der Waals surface area contributed by atoms with Gasteiger partial charge in [-0.15, -0.1) is 0 Å². The zero-order chi connectivity index (χ0) is 11.7. The molecule has 0 saturated heterocycles. The molecule has 1 N–H and O–H groups in total. The highest BCUT2D eigenvalue weighted by Crippen LogP contribution is 2.29. The van der Waals surface area contributed by atoms with Crippen molar-refractivity contribution in [2.75, 3.05) is 6.54 Å². The van der Waals surface area contributed by atoms with Gasteiger partial charge in [-0.2, -0.15) is 0 Å². The summed E-state index contributed by atoms with van der Waals surface area (Å²) in [6.07, 6.45) is 1.03. The molecule has 0 aromatic heterocycles. The number of hydrogen-bond acceptors (Lipinski definition) is 1. The van der Waals surface area contributed by atoms with E-state index in [2.05, 4.69) is 11.4 Å². The molecule has 0 fully saturated rings. The van der Waals surface area contributed by atoms with Gasteiger partial charge in [0.05, 0.1) is 0 Å². The smallest absolute Gasteiger partial charge is 0.131 e. The van der Waals surface area contributed by atoms with E-state index in [0.29, 0.717) is 5.56 Å². The third-order valence-electron chi connectivity index (χ3n) is 3.31. The Balaban J connectivity index is 2.18. The fourth-order valence-corrected chi connectivity index (χ4v) is 2.45. The predicted octanol–water partition coefficient (Wildman–Crippen LogP) is 3.14. The molecule has 1 nitrogen and oxygen atoms in total. The van der Waals surface area contributed by atoms with Gasteiger partial charge in [0.25, 0.3) is 0 Å². The van der Waals surface area contributed by atoms with Crippen LogP contribution in [-0.2, 0) is 13.0 Å². The second-order valence-corrected chi connectivity index (χ2v) is 4.35. The minimum atomic E-state index is -0.147. The van der Waals surface area contributed by atoms with Crippen molar-refractivity contribution >= 4 is 0 Å². The molecule has 0 amide bonds. The Labute approximate surface area is 100 Å². The summed E-state index contributed by atoms with van der Waals surface area (Å²) in [6.45, 7) is 1.84. The predicted molar refractivity (Wildman–Crippen MR) is 67.2 cm³/mol. The molecule has 17 heavy (non-hydrogen) atoms. The van der Waals surface area contributed by atoms with Crippen LogP contribution in [0.2, 0.25) is 0 Å². The molecule has 2 aromatic carbocycles. The Kier molecular flexibility index (Phi) is 2.65. The van der Waals surface area contributed by atoms with E-state index in [-0.39, 0.29) is 5.82 Å². The van der Waals surface area contributed by atoms with E-state index in [1.807, 2.05) is 24.3 Å². The van der Waals surface area contributed by atoms with Gasteiger partial charge in [0.15, 0.2) is 0 Å². The topological polar surface area (TPSA) is 12.0 Å². The summed E-state index contributed by atoms with van der Waals surface area (Å²) >= 11 is 0. The molecule has 0 unspecified atom stereocenters. The van der Waals surface area contributed by atoms with Crippen LogP contribution in [0.5, 0.6) is 0 Å². The third-order valence-corrected chi connectivity index (χ3v) is 3.31. The lowest BCUT2D eigenvalue weighted by atomic mass is 9.92. The van der Waals surface area contributed by atoms with Gasteiger partial charge in [0.2, 0.25) is 0 Å². The van der Waals surface area contributed by atoms with Crippen molar-refractivity contribution in [2.24, 2.45) is 0 Å². The number of benzene rings is 2. The highest BCUT2D eigenvalue weighted by Gasteiger charge is 2.15. The largest absolute Gasteiger partial charge is 0.312 e. The second-order valence-electron chi connectivity index (χ2n) is 4.35. The van der Waals surface area contributed by atoms with Crippen LogP contribution in [0.15, 0.2) is 42.5 Å². The van der Waals surface area contributed by atoms with E-state index in [0.717, 1.165) is 25.1 Å². The summed E-state index contributed by atoms with van der Waals surface area (Å²) in [6, 6.07) is 13.1. The van der Waals surface area contributed by atoms with Crippen molar-refractivity contribution in [3.05, 3.63) is 59.4 Å². The lowest BCUT2D eigenvalue weighted by molar-refractivity contribution is 0.627. The Morgan fingerprint density at radius 1 is 0.941 bits per heavy atom. The molecule has 0 saturated carbocycles. The Hall–Kier alpha value is -1.67. The molecule has 1 aliphatic heterocycles. The Morgan fingerprint density at radius 2 is 1.76 bits per heavy atom. The minimum Gasteiger partial charge on any atom is -0.312 e. The van der Waals surface area contributed by atoms with Crippen LogP contribution >= 0.6 is 0 Å². The normalized spacial score (nSPS) is 14.4. The first-order chi connectivity index (χ1) is 8.36. The molecule has 86 valence electrons. The van der Waals surface area contributed by atoms with Crippen LogP contribution in [0, 0.1) is 5.82 Å². The van der Waals surface area contributed by atoms with E-state index in [4.69, 9.17) is 0 Å². The lowest BCUT2D eigenvalue weighted by Gasteiger charge is -2.20. The second kappa shape index (κ2) is 4.30. The average Bonchev–Trinajstić information content (AvgIpc) is 2.39. The first kappa shape index (κ1) is 10.5. The number of rotatable bonds is 1. The quantitative estimate of drug-likeness (QED) is 0.789. The summed E-state index contributed by atoms with van der Waals surface area (Å²) in [5, 5.41) is 3.35. The monoisotopic (exact) mass is 227 g/mol. The van der Waals surface area contributed by atoms with E-state index >= 15 is 0 Å². The molecule has 3 rings (SSSR count). The number of halogens is 1. The maximum atomic E-state index is 13.8. The van der Waals surface area contributed by atoms with Crippen LogP contribution in [0.4, 0.5) is 4.39 Å². The standard InChI is InChI=1S/C15H14FN/c16-15-7-2-1-5-13(15)12-6-3-4-11-8-9-17-10-14(11)12/h1-7,17H,8-10H2. The highest BCUT2D eigenvalue weighted by molar-refractivity contribution is 5.69. The van der Waals surface area contributed by atoms with Crippen molar-refractivity contribution in [3.63, 3.8) is 0 Å². The van der Waals surface area contributed by atoms with Gasteiger partial charge in [-0.25, -0.2) is 4.39 Å². The van der Waals surface area contributed by atoms with Gasteiger partial charge >= 0.3 is 0 Å². The average molecular weight is 227 g/mol. The lowest BCUT2D eigenvalue weighted by Crippen LogP contribution is -2.24. The van der Waals surface area contributed by atoms with Crippen LogP contribution < -0.4 is 5.32 Å². The first-order valence-corrected chi connectivity index (χ1v) is 5.92. The zero-order valence-corrected chi connectivity index (χ0v) is 9.54. The summed E-state index contributed by atoms with van der Waals surface area (Å²) in [7, 11) is 0. The summed E-state index contributed by atoms with van der Waals surface area (Å²) in [5.41, 5.74) is 4.30. The summed E-state index contributed by atoms with van der Waals surface area (Å²) < 4.78 is 13.8. The minimum absolute atomic E-state index is 0.147. The van der Waals surface area contributed by atoms with Crippen molar-refractivity contribution < 1.29 is 4.39 Å². The maximum Gasteiger partial charge on any atom is 0.131 e. The van der Waals surface area contributed by atoms with Crippen molar-refractivity contribution in [1.29, 1.82) is 0 Å². The number of fused-ring (bicyclic) bond motifs is 1. The molecular formula is C15H14FN. The van der Waals surface area contributed by atoms with Gasteiger partial charge in [-0.3, -0.25) is 0 Å². The van der Waals surface area contributed by atoms with Crippen LogP contribution in [-0.4, -0.2) is 6.54 Å². The molecular weight excluding hydrogens is 213 g/mol. The molecule has 0 atom stereocenters. The van der Waals surface area contributed by atoms with Gasteiger partial charge in [-0.05, 0) is 35.7 Å². The van der Waals surface area contributed by atoms with E-state index in [1.54, 1.807) is 6.07 Å². The van der Waals surface area contributed by atoms with Crippen LogP contribution in [0.1, 0.15) is 11.1 Å². The van der Waals surface area contributed by atoms with Crippen LogP contribution in [0.3, 0.4) is 0 Å². The van der Waals surface area contributed by atoms with Crippen molar-refractivity contribution in [1.82, 2.24) is 5.32 Å². The molecule has 1 heterocycles. The van der Waals surface area contributed by atoms with E-state index in [1.165, 1.54) is 17.2 Å². The molecule has 2 heteroatoms. The number of hydrogen-bond donors (Lipinski definition) is 1. The molecule has 0 bridgehead atoms. The van der Waals surface area contributed by atoms with Crippen molar-refractivity contribution in [2.45, 2.75) is 13.0 Å². The van der Waals surface area contributed by atoms with Crippen LogP contribution in [0.25, 0.3) is 11.1 Å². The maximum absolute atomic E-state index is 13.8. The molecule has 1 aliphatic rings.